The number of ketones is 1. The number of rotatable bonds is 6. The average molecular weight is 446 g/mol. The molecule has 0 aromatic heterocycles. The largest absolute Gasteiger partial charge is 0.483 e. The molecule has 0 N–H and O–H groups in total. The first kappa shape index (κ1) is 22.3. The predicted octanol–water partition coefficient (Wildman–Crippen LogP) is 4.94. The number of Topliss-reactive ketones (excluding diaryl/α,β-unsaturated/α-hetero) is 1. The van der Waals surface area contributed by atoms with E-state index in [1.807, 2.05) is 32.0 Å². The molecular weight excluding hydrogens is 414 g/mol. The Morgan fingerprint density at radius 3 is 2.65 bits per heavy atom. The summed E-state index contributed by atoms with van der Waals surface area (Å²) in [5.74, 6) is 0.890. The lowest BCUT2D eigenvalue weighted by Gasteiger charge is -2.40. The van der Waals surface area contributed by atoms with Crippen molar-refractivity contribution in [1.29, 1.82) is 0 Å². The van der Waals surface area contributed by atoms with Crippen LogP contribution in [0.15, 0.2) is 35.6 Å². The van der Waals surface area contributed by atoms with E-state index < -0.39 is 6.04 Å². The first-order valence-corrected chi connectivity index (χ1v) is 11.8. The summed E-state index contributed by atoms with van der Waals surface area (Å²) in [6, 6.07) is 6.99. The quantitative estimate of drug-likeness (QED) is 0.582. The number of hydrogen-bond donors (Lipinski definition) is 0. The van der Waals surface area contributed by atoms with Gasteiger partial charge in [0, 0.05) is 18.2 Å². The molecule has 6 heteroatoms. The van der Waals surface area contributed by atoms with E-state index >= 15 is 0 Å². The van der Waals surface area contributed by atoms with Gasteiger partial charge in [-0.1, -0.05) is 37.6 Å². The molecule has 1 saturated carbocycles. The Hall–Kier alpha value is -1.85. The summed E-state index contributed by atoms with van der Waals surface area (Å²) >= 11 is 6.27. The molecule has 0 saturated heterocycles. The van der Waals surface area contributed by atoms with Crippen molar-refractivity contribution in [2.45, 2.75) is 65.2 Å². The van der Waals surface area contributed by atoms with Gasteiger partial charge >= 0.3 is 0 Å². The Bertz CT molecular complexity index is 895. The van der Waals surface area contributed by atoms with Crippen LogP contribution in [0, 0.1) is 17.8 Å². The molecule has 3 aliphatic rings. The molecule has 0 radical (unpaired) electrons. The Balaban J connectivity index is 1.67. The normalized spacial score (nSPS) is 30.5. The SMILES string of the molecule is CC(C)OCCCN1C(=O)C2=C(C(=O)C3CC(C)C(C)CC3O2)C1c1cccc(Cl)c1. The summed E-state index contributed by atoms with van der Waals surface area (Å²) < 4.78 is 11.9. The van der Waals surface area contributed by atoms with Crippen molar-refractivity contribution in [3.63, 3.8) is 0 Å². The van der Waals surface area contributed by atoms with Crippen LogP contribution >= 0.6 is 11.6 Å². The number of carbonyl (C=O) groups is 2. The van der Waals surface area contributed by atoms with Crippen molar-refractivity contribution in [3.8, 4) is 0 Å². The van der Waals surface area contributed by atoms with Gasteiger partial charge in [0.05, 0.1) is 23.6 Å². The van der Waals surface area contributed by atoms with Crippen LogP contribution in [-0.4, -0.2) is 41.9 Å². The van der Waals surface area contributed by atoms with E-state index in [9.17, 15) is 9.59 Å². The van der Waals surface area contributed by atoms with Crippen LogP contribution in [0.4, 0.5) is 0 Å². The maximum Gasteiger partial charge on any atom is 0.290 e. The van der Waals surface area contributed by atoms with Crippen molar-refractivity contribution >= 4 is 23.3 Å². The van der Waals surface area contributed by atoms with Crippen molar-refractivity contribution < 1.29 is 19.1 Å². The second-order valence-corrected chi connectivity index (χ2v) is 9.96. The maximum absolute atomic E-state index is 13.7. The third kappa shape index (κ3) is 4.27. The topological polar surface area (TPSA) is 55.8 Å². The summed E-state index contributed by atoms with van der Waals surface area (Å²) in [4.78, 5) is 28.9. The van der Waals surface area contributed by atoms with E-state index in [-0.39, 0.29) is 35.6 Å². The first-order chi connectivity index (χ1) is 14.8. The van der Waals surface area contributed by atoms with Crippen LogP contribution in [0.2, 0.25) is 5.02 Å². The van der Waals surface area contributed by atoms with E-state index in [0.29, 0.717) is 42.0 Å². The van der Waals surface area contributed by atoms with E-state index in [2.05, 4.69) is 13.8 Å². The Labute approximate surface area is 189 Å². The van der Waals surface area contributed by atoms with Gasteiger partial charge in [-0.05, 0) is 62.6 Å². The van der Waals surface area contributed by atoms with Crippen LogP contribution in [0.3, 0.4) is 0 Å². The Kier molecular flexibility index (Phi) is 6.45. The third-order valence-corrected chi connectivity index (χ3v) is 7.20. The minimum absolute atomic E-state index is 0.0734. The van der Waals surface area contributed by atoms with Crippen molar-refractivity contribution in [2.24, 2.45) is 17.8 Å². The molecule has 1 fully saturated rings. The van der Waals surface area contributed by atoms with Crippen LogP contribution < -0.4 is 0 Å². The number of hydrogen-bond acceptors (Lipinski definition) is 4. The summed E-state index contributed by atoms with van der Waals surface area (Å²) in [5, 5.41) is 0.587. The van der Waals surface area contributed by atoms with Gasteiger partial charge in [-0.25, -0.2) is 0 Å². The zero-order valence-electron chi connectivity index (χ0n) is 18.8. The number of carbonyl (C=O) groups excluding carboxylic acids is 2. The van der Waals surface area contributed by atoms with E-state index in [0.717, 1.165) is 18.4 Å². The zero-order chi connectivity index (χ0) is 22.3. The van der Waals surface area contributed by atoms with E-state index in [1.54, 1.807) is 11.0 Å². The molecule has 1 aliphatic carbocycles. The summed E-state index contributed by atoms with van der Waals surface area (Å²) in [5.41, 5.74) is 1.36. The standard InChI is InChI=1S/C25H32ClNO4/c1-14(2)30-10-6-9-27-22(17-7-5-8-18(26)13-17)21-23(28)19-11-15(3)16(4)12-20(19)31-24(21)25(27)29/h5,7-8,13-16,19-20,22H,6,9-12H2,1-4H3. The summed E-state index contributed by atoms with van der Waals surface area (Å²) in [6.07, 6.45) is 2.25. The van der Waals surface area contributed by atoms with Crippen LogP contribution in [0.1, 0.15) is 58.6 Å². The molecule has 1 aromatic rings. The van der Waals surface area contributed by atoms with Crippen molar-refractivity contribution in [2.75, 3.05) is 13.2 Å². The fourth-order valence-electron chi connectivity index (χ4n) is 5.12. The highest BCUT2D eigenvalue weighted by molar-refractivity contribution is 6.30. The number of ether oxygens (including phenoxy) is 2. The lowest BCUT2D eigenvalue weighted by atomic mass is 9.70. The van der Waals surface area contributed by atoms with Gasteiger partial charge in [0.25, 0.3) is 5.91 Å². The highest BCUT2D eigenvalue weighted by Gasteiger charge is 2.53. The first-order valence-electron chi connectivity index (χ1n) is 11.4. The van der Waals surface area contributed by atoms with Crippen LogP contribution in [0.5, 0.6) is 0 Å². The Morgan fingerprint density at radius 1 is 1.19 bits per heavy atom. The molecular formula is C25H32ClNO4. The molecule has 2 heterocycles. The van der Waals surface area contributed by atoms with Gasteiger partial charge in [0.15, 0.2) is 11.5 Å². The second kappa shape index (κ2) is 8.95. The fraction of sp³-hybridized carbons (Fsp3) is 0.600. The number of amides is 1. The van der Waals surface area contributed by atoms with Gasteiger partial charge in [-0.3, -0.25) is 9.59 Å². The number of fused-ring (bicyclic) bond motifs is 1. The van der Waals surface area contributed by atoms with Crippen LogP contribution in [-0.2, 0) is 19.1 Å². The summed E-state index contributed by atoms with van der Waals surface area (Å²) in [7, 11) is 0. The molecule has 0 bridgehead atoms. The highest BCUT2D eigenvalue weighted by Crippen LogP contribution is 2.48. The second-order valence-electron chi connectivity index (χ2n) is 9.53. The van der Waals surface area contributed by atoms with Crippen molar-refractivity contribution in [3.05, 3.63) is 46.2 Å². The van der Waals surface area contributed by atoms with Gasteiger partial charge in [0.2, 0.25) is 0 Å². The predicted molar refractivity (Wildman–Crippen MR) is 120 cm³/mol. The van der Waals surface area contributed by atoms with Gasteiger partial charge < -0.3 is 14.4 Å². The lowest BCUT2D eigenvalue weighted by molar-refractivity contribution is -0.137. The van der Waals surface area contributed by atoms with Gasteiger partial charge in [-0.2, -0.15) is 0 Å². The fourth-order valence-corrected chi connectivity index (χ4v) is 5.31. The van der Waals surface area contributed by atoms with Crippen molar-refractivity contribution in [1.82, 2.24) is 4.90 Å². The van der Waals surface area contributed by atoms with Gasteiger partial charge in [0.1, 0.15) is 6.10 Å². The average Bonchev–Trinajstić information content (AvgIpc) is 2.99. The highest BCUT2D eigenvalue weighted by atomic mass is 35.5. The third-order valence-electron chi connectivity index (χ3n) is 6.97. The smallest absolute Gasteiger partial charge is 0.290 e. The number of benzene rings is 1. The number of nitrogens with zero attached hydrogens (tertiary/aromatic N) is 1. The molecule has 168 valence electrons. The molecule has 5 nitrogen and oxygen atoms in total. The summed E-state index contributed by atoms with van der Waals surface area (Å²) in [6.45, 7) is 9.44. The van der Waals surface area contributed by atoms with Gasteiger partial charge in [-0.15, -0.1) is 0 Å². The minimum atomic E-state index is -0.455. The number of halogens is 1. The van der Waals surface area contributed by atoms with Crippen LogP contribution in [0.25, 0.3) is 0 Å². The van der Waals surface area contributed by atoms with E-state index in [1.165, 1.54) is 0 Å². The zero-order valence-corrected chi connectivity index (χ0v) is 19.5. The minimum Gasteiger partial charge on any atom is -0.483 e. The molecule has 1 amide bonds. The molecule has 5 atom stereocenters. The molecule has 4 rings (SSSR count). The Morgan fingerprint density at radius 2 is 1.94 bits per heavy atom. The molecule has 1 aromatic carbocycles. The monoisotopic (exact) mass is 445 g/mol. The molecule has 0 spiro atoms. The molecule has 31 heavy (non-hydrogen) atoms. The molecule has 5 unspecified atom stereocenters. The van der Waals surface area contributed by atoms with E-state index in [4.69, 9.17) is 21.1 Å². The lowest BCUT2D eigenvalue weighted by Crippen LogP contribution is -2.43. The maximum atomic E-state index is 13.7. The molecule has 2 aliphatic heterocycles.